The molecule has 1 aliphatic rings. The summed E-state index contributed by atoms with van der Waals surface area (Å²) in [6.45, 7) is 6.56. The molecule has 6 heteroatoms. The van der Waals surface area contributed by atoms with Crippen molar-refractivity contribution in [2.24, 2.45) is 4.99 Å². The number of halogens is 1. The van der Waals surface area contributed by atoms with Crippen molar-refractivity contribution in [2.45, 2.75) is 70.9 Å². The maximum atomic E-state index is 6.04. The number of hydrogen-bond donors (Lipinski definition) is 2. The number of guanidine groups is 1. The second-order valence-corrected chi connectivity index (χ2v) is 6.80. The third-order valence-electron chi connectivity index (χ3n) is 4.65. The summed E-state index contributed by atoms with van der Waals surface area (Å²) in [5.74, 6) is 0.916. The van der Waals surface area contributed by atoms with Gasteiger partial charge in [0.1, 0.15) is 0 Å². The highest BCUT2D eigenvalue weighted by Crippen LogP contribution is 2.19. The van der Waals surface area contributed by atoms with Gasteiger partial charge in [-0.3, -0.25) is 4.99 Å². The molecule has 1 aliphatic carbocycles. The molecule has 0 bridgehead atoms. The van der Waals surface area contributed by atoms with Gasteiger partial charge in [-0.25, -0.2) is 0 Å². The molecule has 2 rings (SSSR count). The molecule has 0 atom stereocenters. The Kier molecular flexibility index (Phi) is 13.7. The lowest BCUT2D eigenvalue weighted by Crippen LogP contribution is -2.38. The molecule has 0 spiro atoms. The summed E-state index contributed by atoms with van der Waals surface area (Å²) < 4.78 is 8.21. The van der Waals surface area contributed by atoms with Crippen LogP contribution in [0.2, 0.25) is 0 Å². The number of nitrogens with one attached hydrogen (secondary N) is 2. The van der Waals surface area contributed by atoms with E-state index in [2.05, 4.69) is 51.6 Å². The summed E-state index contributed by atoms with van der Waals surface area (Å²) >= 11 is 0. The molecule has 0 aliphatic heterocycles. The first-order chi connectivity index (χ1) is 12.4. The van der Waals surface area contributed by atoms with Crippen molar-refractivity contribution in [3.63, 3.8) is 0 Å². The first-order valence-electron chi connectivity index (χ1n) is 10.1. The van der Waals surface area contributed by atoms with Crippen molar-refractivity contribution >= 4 is 29.9 Å². The van der Waals surface area contributed by atoms with Crippen LogP contribution in [0.5, 0.6) is 0 Å². The van der Waals surface area contributed by atoms with E-state index < -0.39 is 0 Å². The Morgan fingerprint density at radius 2 is 1.81 bits per heavy atom. The minimum atomic E-state index is 0. The van der Waals surface area contributed by atoms with Crippen molar-refractivity contribution < 1.29 is 4.74 Å². The maximum absolute atomic E-state index is 6.04. The Morgan fingerprint density at radius 1 is 1.08 bits per heavy atom. The zero-order valence-electron chi connectivity index (χ0n) is 16.3. The highest BCUT2D eigenvalue weighted by Gasteiger charge is 2.11. The first-order valence-corrected chi connectivity index (χ1v) is 10.1. The number of ether oxygens (including phenoxy) is 1. The standard InChI is InChI=1S/C20H36N4O.HI/c1-2-21-20(23-14-17-24-15-8-9-16-24)22-13-7-10-18-25-19-11-5-3-4-6-12-19;/h8-9,15-16,19H,2-7,10-14,17-18H2,1H3,(H2,21,22,23);1H. The van der Waals surface area contributed by atoms with Crippen LogP contribution < -0.4 is 10.6 Å². The highest BCUT2D eigenvalue weighted by atomic mass is 127. The van der Waals surface area contributed by atoms with Crippen LogP contribution in [0.25, 0.3) is 0 Å². The zero-order valence-corrected chi connectivity index (χ0v) is 18.6. The van der Waals surface area contributed by atoms with Crippen LogP contribution in [-0.4, -0.2) is 42.9 Å². The quantitative estimate of drug-likeness (QED) is 0.175. The summed E-state index contributed by atoms with van der Waals surface area (Å²) in [7, 11) is 0. The number of rotatable bonds is 10. The minimum absolute atomic E-state index is 0. The molecular formula is C20H37IN4O. The van der Waals surface area contributed by atoms with Crippen molar-refractivity contribution in [3.05, 3.63) is 24.5 Å². The van der Waals surface area contributed by atoms with Crippen molar-refractivity contribution in [3.8, 4) is 0 Å². The van der Waals surface area contributed by atoms with Crippen molar-refractivity contribution in [1.82, 2.24) is 15.2 Å². The van der Waals surface area contributed by atoms with Gasteiger partial charge in [0.05, 0.1) is 6.10 Å². The Labute approximate surface area is 176 Å². The van der Waals surface area contributed by atoms with E-state index in [9.17, 15) is 0 Å². The average molecular weight is 476 g/mol. The van der Waals surface area contributed by atoms with E-state index in [1.165, 1.54) is 38.5 Å². The van der Waals surface area contributed by atoms with E-state index in [1.807, 2.05) is 0 Å². The molecule has 0 amide bonds. The second kappa shape index (κ2) is 15.3. The maximum Gasteiger partial charge on any atom is 0.191 e. The molecule has 1 aromatic rings. The molecule has 26 heavy (non-hydrogen) atoms. The highest BCUT2D eigenvalue weighted by molar-refractivity contribution is 14.0. The van der Waals surface area contributed by atoms with Crippen LogP contribution in [0, 0.1) is 0 Å². The molecule has 0 radical (unpaired) electrons. The number of nitrogens with zero attached hydrogens (tertiary/aromatic N) is 2. The SMILES string of the molecule is CCNC(=NCCCCOC1CCCCCC1)NCCn1cccc1.I. The van der Waals surface area contributed by atoms with E-state index in [-0.39, 0.29) is 24.0 Å². The van der Waals surface area contributed by atoms with Gasteiger partial charge in [-0.15, -0.1) is 24.0 Å². The second-order valence-electron chi connectivity index (χ2n) is 6.80. The number of unbranched alkanes of at least 4 members (excludes halogenated alkanes) is 1. The van der Waals surface area contributed by atoms with Gasteiger partial charge in [0, 0.05) is 45.2 Å². The Bertz CT molecular complexity index is 456. The van der Waals surface area contributed by atoms with E-state index in [4.69, 9.17) is 4.74 Å². The van der Waals surface area contributed by atoms with Gasteiger partial charge in [-0.05, 0) is 44.7 Å². The van der Waals surface area contributed by atoms with Gasteiger partial charge in [-0.1, -0.05) is 25.7 Å². The lowest BCUT2D eigenvalue weighted by molar-refractivity contribution is 0.0413. The molecule has 150 valence electrons. The monoisotopic (exact) mass is 476 g/mol. The van der Waals surface area contributed by atoms with Crippen LogP contribution in [0.4, 0.5) is 0 Å². The largest absolute Gasteiger partial charge is 0.378 e. The Balaban J connectivity index is 0.00000338. The Morgan fingerprint density at radius 3 is 2.50 bits per heavy atom. The van der Waals surface area contributed by atoms with Gasteiger partial charge in [-0.2, -0.15) is 0 Å². The molecule has 2 N–H and O–H groups in total. The molecule has 0 unspecified atom stereocenters. The fraction of sp³-hybridized carbons (Fsp3) is 0.750. The molecular weight excluding hydrogens is 439 g/mol. The summed E-state index contributed by atoms with van der Waals surface area (Å²) in [6, 6.07) is 4.10. The smallest absolute Gasteiger partial charge is 0.191 e. The normalized spacial score (nSPS) is 16.0. The molecule has 1 saturated carbocycles. The van der Waals surface area contributed by atoms with Gasteiger partial charge < -0.3 is 19.9 Å². The summed E-state index contributed by atoms with van der Waals surface area (Å²) in [5, 5.41) is 6.71. The number of aliphatic imine (C=N–C) groups is 1. The first kappa shape index (κ1) is 23.3. The molecule has 1 aromatic heterocycles. The van der Waals surface area contributed by atoms with E-state index in [0.717, 1.165) is 51.6 Å². The van der Waals surface area contributed by atoms with E-state index in [0.29, 0.717) is 6.10 Å². The number of aromatic nitrogens is 1. The molecule has 0 saturated heterocycles. The zero-order chi connectivity index (χ0) is 17.6. The van der Waals surface area contributed by atoms with Crippen molar-refractivity contribution in [1.29, 1.82) is 0 Å². The summed E-state index contributed by atoms with van der Waals surface area (Å²) in [5.41, 5.74) is 0. The third-order valence-corrected chi connectivity index (χ3v) is 4.65. The number of hydrogen-bond acceptors (Lipinski definition) is 2. The van der Waals surface area contributed by atoms with Gasteiger partial charge in [0.15, 0.2) is 5.96 Å². The molecule has 0 aromatic carbocycles. The predicted octanol–water partition coefficient (Wildman–Crippen LogP) is 4.18. The Hall–Kier alpha value is -0.760. The van der Waals surface area contributed by atoms with Crippen molar-refractivity contribution in [2.75, 3.05) is 26.2 Å². The van der Waals surface area contributed by atoms with E-state index >= 15 is 0 Å². The predicted molar refractivity (Wildman–Crippen MR) is 121 cm³/mol. The van der Waals surface area contributed by atoms with Gasteiger partial charge in [0.2, 0.25) is 0 Å². The van der Waals surface area contributed by atoms with Crippen LogP contribution in [0.15, 0.2) is 29.5 Å². The lowest BCUT2D eigenvalue weighted by atomic mass is 10.1. The molecule has 5 nitrogen and oxygen atoms in total. The molecule has 1 fully saturated rings. The molecule has 1 heterocycles. The lowest BCUT2D eigenvalue weighted by Gasteiger charge is -2.15. The van der Waals surface area contributed by atoms with Crippen LogP contribution in [0.1, 0.15) is 58.3 Å². The third kappa shape index (κ3) is 10.4. The fourth-order valence-electron chi connectivity index (χ4n) is 3.23. The van der Waals surface area contributed by atoms with Gasteiger partial charge >= 0.3 is 0 Å². The van der Waals surface area contributed by atoms with Gasteiger partial charge in [0.25, 0.3) is 0 Å². The average Bonchev–Trinajstić information content (AvgIpc) is 3.00. The van der Waals surface area contributed by atoms with Crippen LogP contribution in [0.3, 0.4) is 0 Å². The fourth-order valence-corrected chi connectivity index (χ4v) is 3.23. The van der Waals surface area contributed by atoms with Crippen LogP contribution in [-0.2, 0) is 11.3 Å². The van der Waals surface area contributed by atoms with Crippen LogP contribution >= 0.6 is 24.0 Å². The topological polar surface area (TPSA) is 50.6 Å². The minimum Gasteiger partial charge on any atom is -0.378 e. The van der Waals surface area contributed by atoms with E-state index in [1.54, 1.807) is 0 Å². The summed E-state index contributed by atoms with van der Waals surface area (Å²) in [4.78, 5) is 4.66. The summed E-state index contributed by atoms with van der Waals surface area (Å²) in [6.07, 6.45) is 14.8.